The summed E-state index contributed by atoms with van der Waals surface area (Å²) >= 11 is 0. The first kappa shape index (κ1) is 13.0. The van der Waals surface area contributed by atoms with Gasteiger partial charge < -0.3 is 5.32 Å². The van der Waals surface area contributed by atoms with Crippen LogP contribution in [0.5, 0.6) is 0 Å². The summed E-state index contributed by atoms with van der Waals surface area (Å²) in [5, 5.41) is 3.53. The van der Waals surface area contributed by atoms with Gasteiger partial charge >= 0.3 is 0 Å². The molecule has 0 amide bonds. The van der Waals surface area contributed by atoms with Crippen LogP contribution in [-0.4, -0.2) is 13.1 Å². The summed E-state index contributed by atoms with van der Waals surface area (Å²) in [6, 6.07) is 0. The molecular formula is C14H29N. The fourth-order valence-electron chi connectivity index (χ4n) is 3.14. The van der Waals surface area contributed by atoms with Gasteiger partial charge in [0.25, 0.3) is 0 Å². The van der Waals surface area contributed by atoms with E-state index in [0.717, 1.165) is 17.3 Å². The largest absolute Gasteiger partial charge is 0.316 e. The summed E-state index contributed by atoms with van der Waals surface area (Å²) in [5.74, 6) is 1.93. The van der Waals surface area contributed by atoms with Gasteiger partial charge in [0.15, 0.2) is 0 Å². The molecule has 1 nitrogen and oxygen atoms in total. The third-order valence-electron chi connectivity index (χ3n) is 4.37. The Morgan fingerprint density at radius 2 is 1.67 bits per heavy atom. The van der Waals surface area contributed by atoms with Gasteiger partial charge in [-0.1, -0.05) is 27.7 Å². The van der Waals surface area contributed by atoms with E-state index in [4.69, 9.17) is 0 Å². The van der Waals surface area contributed by atoms with Crippen LogP contribution in [0.15, 0.2) is 0 Å². The lowest BCUT2D eigenvalue weighted by Gasteiger charge is -2.38. The van der Waals surface area contributed by atoms with Crippen molar-refractivity contribution in [3.8, 4) is 0 Å². The van der Waals surface area contributed by atoms with Crippen molar-refractivity contribution in [3.05, 3.63) is 0 Å². The van der Waals surface area contributed by atoms with Crippen LogP contribution < -0.4 is 5.32 Å². The first-order valence-corrected chi connectivity index (χ1v) is 6.93. The second kappa shape index (κ2) is 5.89. The van der Waals surface area contributed by atoms with Crippen LogP contribution in [0.25, 0.3) is 0 Å². The molecule has 0 atom stereocenters. The molecule has 90 valence electrons. The topological polar surface area (TPSA) is 12.0 Å². The average molecular weight is 211 g/mol. The van der Waals surface area contributed by atoms with Gasteiger partial charge in [-0.05, 0) is 55.9 Å². The zero-order chi connectivity index (χ0) is 11.3. The molecule has 2 fully saturated rings. The summed E-state index contributed by atoms with van der Waals surface area (Å²) in [4.78, 5) is 0. The molecule has 2 aliphatic rings. The minimum absolute atomic E-state index is 0.728. The van der Waals surface area contributed by atoms with E-state index in [9.17, 15) is 0 Å². The smallest absolute Gasteiger partial charge is 0.000829 e. The maximum atomic E-state index is 3.53. The zero-order valence-corrected chi connectivity index (χ0v) is 11.1. The minimum Gasteiger partial charge on any atom is -0.316 e. The van der Waals surface area contributed by atoms with Crippen molar-refractivity contribution in [1.29, 1.82) is 0 Å². The molecule has 1 saturated heterocycles. The number of rotatable bonds is 1. The molecule has 2 rings (SSSR count). The molecule has 1 N–H and O–H groups in total. The summed E-state index contributed by atoms with van der Waals surface area (Å²) < 4.78 is 0. The molecule has 0 unspecified atom stereocenters. The van der Waals surface area contributed by atoms with Gasteiger partial charge in [0.05, 0.1) is 0 Å². The highest BCUT2D eigenvalue weighted by molar-refractivity contribution is 4.92. The van der Waals surface area contributed by atoms with Crippen molar-refractivity contribution >= 4 is 0 Å². The van der Waals surface area contributed by atoms with Crippen molar-refractivity contribution < 1.29 is 0 Å². The van der Waals surface area contributed by atoms with Crippen LogP contribution in [0.1, 0.15) is 59.8 Å². The molecule has 0 aromatic carbocycles. The summed E-state index contributed by atoms with van der Waals surface area (Å²) in [5.41, 5.74) is 0.728. The first-order valence-electron chi connectivity index (χ1n) is 6.93. The van der Waals surface area contributed by atoms with Crippen LogP contribution >= 0.6 is 0 Å². The highest BCUT2D eigenvalue weighted by atomic mass is 14.9. The molecule has 1 heterocycles. The second-order valence-electron chi connectivity index (χ2n) is 5.51. The Kier molecular flexibility index (Phi) is 5.11. The van der Waals surface area contributed by atoms with E-state index in [1.54, 1.807) is 0 Å². The molecule has 1 saturated carbocycles. The Morgan fingerprint density at radius 1 is 1.07 bits per heavy atom. The Balaban J connectivity index is 0.000000531. The fraction of sp³-hybridized carbons (Fsp3) is 1.00. The molecule has 1 heteroatoms. The van der Waals surface area contributed by atoms with E-state index in [1.807, 2.05) is 13.8 Å². The SMILES string of the molecule is CC.CC(C)C1CCC2(CCNC2)CC1. The van der Waals surface area contributed by atoms with Crippen molar-refractivity contribution in [2.45, 2.75) is 59.8 Å². The number of hydrogen-bond donors (Lipinski definition) is 1. The molecule has 15 heavy (non-hydrogen) atoms. The quantitative estimate of drug-likeness (QED) is 0.695. The molecule has 0 radical (unpaired) electrons. The van der Waals surface area contributed by atoms with E-state index in [2.05, 4.69) is 19.2 Å². The molecule has 0 aromatic rings. The predicted octanol–water partition coefficient (Wildman–Crippen LogP) is 3.84. The molecule has 0 bridgehead atoms. The Hall–Kier alpha value is -0.0400. The molecule has 1 aliphatic carbocycles. The average Bonchev–Trinajstić information content (AvgIpc) is 2.70. The third kappa shape index (κ3) is 3.21. The van der Waals surface area contributed by atoms with Gasteiger partial charge in [0.1, 0.15) is 0 Å². The zero-order valence-electron chi connectivity index (χ0n) is 11.1. The van der Waals surface area contributed by atoms with E-state index in [1.165, 1.54) is 45.2 Å². The Morgan fingerprint density at radius 3 is 2.07 bits per heavy atom. The molecular weight excluding hydrogens is 182 g/mol. The summed E-state index contributed by atoms with van der Waals surface area (Å²) in [7, 11) is 0. The van der Waals surface area contributed by atoms with Gasteiger partial charge in [-0.2, -0.15) is 0 Å². The number of nitrogens with one attached hydrogen (secondary N) is 1. The predicted molar refractivity (Wildman–Crippen MR) is 68.1 cm³/mol. The minimum atomic E-state index is 0.728. The fourth-order valence-corrected chi connectivity index (χ4v) is 3.14. The standard InChI is InChI=1S/C12H23N.C2H6/c1-10(2)11-3-5-12(6-4-11)7-8-13-9-12;1-2/h10-11,13H,3-9H2,1-2H3;1-2H3. The highest BCUT2D eigenvalue weighted by Crippen LogP contribution is 2.44. The van der Waals surface area contributed by atoms with Crippen molar-refractivity contribution in [3.63, 3.8) is 0 Å². The monoisotopic (exact) mass is 211 g/mol. The maximum Gasteiger partial charge on any atom is 0.000829 e. The molecule has 0 aromatic heterocycles. The Labute approximate surface area is 96.0 Å². The van der Waals surface area contributed by atoms with Crippen LogP contribution in [0.3, 0.4) is 0 Å². The lowest BCUT2D eigenvalue weighted by molar-refractivity contribution is 0.144. The van der Waals surface area contributed by atoms with Gasteiger partial charge in [-0.15, -0.1) is 0 Å². The lowest BCUT2D eigenvalue weighted by Crippen LogP contribution is -2.31. The molecule has 1 aliphatic heterocycles. The van der Waals surface area contributed by atoms with Crippen LogP contribution in [0.4, 0.5) is 0 Å². The Bertz CT molecular complexity index is 158. The van der Waals surface area contributed by atoms with Crippen LogP contribution in [0, 0.1) is 17.3 Å². The van der Waals surface area contributed by atoms with E-state index in [0.29, 0.717) is 0 Å². The first-order chi connectivity index (χ1) is 7.22. The van der Waals surface area contributed by atoms with Gasteiger partial charge in [-0.25, -0.2) is 0 Å². The number of hydrogen-bond acceptors (Lipinski definition) is 1. The molecule has 1 spiro atoms. The van der Waals surface area contributed by atoms with E-state index < -0.39 is 0 Å². The lowest BCUT2D eigenvalue weighted by atomic mass is 9.67. The van der Waals surface area contributed by atoms with Crippen molar-refractivity contribution in [2.75, 3.05) is 13.1 Å². The van der Waals surface area contributed by atoms with E-state index in [-0.39, 0.29) is 0 Å². The van der Waals surface area contributed by atoms with Crippen LogP contribution in [-0.2, 0) is 0 Å². The summed E-state index contributed by atoms with van der Waals surface area (Å²) in [6.07, 6.45) is 7.39. The summed E-state index contributed by atoms with van der Waals surface area (Å²) in [6.45, 7) is 11.3. The highest BCUT2D eigenvalue weighted by Gasteiger charge is 2.37. The van der Waals surface area contributed by atoms with Crippen LogP contribution in [0.2, 0.25) is 0 Å². The van der Waals surface area contributed by atoms with Crippen molar-refractivity contribution in [2.24, 2.45) is 17.3 Å². The van der Waals surface area contributed by atoms with Crippen molar-refractivity contribution in [1.82, 2.24) is 5.32 Å². The second-order valence-corrected chi connectivity index (χ2v) is 5.51. The van der Waals surface area contributed by atoms with Gasteiger partial charge in [0, 0.05) is 6.54 Å². The van der Waals surface area contributed by atoms with Gasteiger partial charge in [-0.3, -0.25) is 0 Å². The van der Waals surface area contributed by atoms with E-state index >= 15 is 0 Å². The van der Waals surface area contributed by atoms with Gasteiger partial charge in [0.2, 0.25) is 0 Å². The third-order valence-corrected chi connectivity index (χ3v) is 4.37. The maximum absolute atomic E-state index is 3.53. The normalized spacial score (nSPS) is 35.4.